The highest BCUT2D eigenvalue weighted by atomic mass is 16.3. The summed E-state index contributed by atoms with van der Waals surface area (Å²) in [5.74, 6) is 0.520. The van der Waals surface area contributed by atoms with Gasteiger partial charge in [-0.25, -0.2) is 0 Å². The molecule has 0 atom stereocenters. The maximum absolute atomic E-state index is 9.10. The van der Waals surface area contributed by atoms with Gasteiger partial charge in [-0.3, -0.25) is 0 Å². The summed E-state index contributed by atoms with van der Waals surface area (Å²) in [6.07, 6.45) is 3.34. The van der Waals surface area contributed by atoms with Gasteiger partial charge in [0.2, 0.25) is 0 Å². The number of aliphatic hydroxyl groups excluding tert-OH is 1. The number of piperidine rings is 1. The highest BCUT2D eigenvalue weighted by molar-refractivity contribution is 5.47. The van der Waals surface area contributed by atoms with Crippen molar-refractivity contribution in [2.75, 3.05) is 24.6 Å². The van der Waals surface area contributed by atoms with E-state index >= 15 is 0 Å². The van der Waals surface area contributed by atoms with Crippen molar-refractivity contribution in [1.29, 1.82) is 0 Å². The van der Waals surface area contributed by atoms with Gasteiger partial charge < -0.3 is 10.0 Å². The largest absolute Gasteiger partial charge is 0.396 e. The van der Waals surface area contributed by atoms with Crippen molar-refractivity contribution < 1.29 is 5.11 Å². The number of anilines is 1. The van der Waals surface area contributed by atoms with E-state index in [1.807, 2.05) is 0 Å². The number of aliphatic hydroxyl groups is 1. The molecule has 16 heavy (non-hydrogen) atoms. The Bertz CT molecular complexity index is 312. The summed E-state index contributed by atoms with van der Waals surface area (Å²) in [6.45, 7) is 4.69. The summed E-state index contributed by atoms with van der Waals surface area (Å²) in [7, 11) is 0. The Morgan fingerprint density at radius 2 is 1.81 bits per heavy atom. The van der Waals surface area contributed by atoms with Crippen LogP contribution in [0, 0.1) is 5.92 Å². The Hall–Kier alpha value is -1.02. The van der Waals surface area contributed by atoms with Crippen LogP contribution in [0.15, 0.2) is 24.3 Å². The van der Waals surface area contributed by atoms with E-state index in [-0.39, 0.29) is 0 Å². The second kappa shape index (κ2) is 5.35. The minimum absolute atomic E-state index is 0.350. The normalized spacial score (nSPS) is 17.8. The molecule has 0 aliphatic carbocycles. The van der Waals surface area contributed by atoms with Crippen LogP contribution in [-0.2, 0) is 6.42 Å². The summed E-state index contributed by atoms with van der Waals surface area (Å²) >= 11 is 0. The zero-order valence-electron chi connectivity index (χ0n) is 10.0. The average Bonchev–Trinajstić information content (AvgIpc) is 2.39. The van der Waals surface area contributed by atoms with Crippen LogP contribution in [-0.4, -0.2) is 24.8 Å². The maximum Gasteiger partial charge on any atom is 0.0460 e. The Balaban J connectivity index is 1.97. The quantitative estimate of drug-likeness (QED) is 0.844. The van der Waals surface area contributed by atoms with Gasteiger partial charge in [0.15, 0.2) is 0 Å². The molecular weight excluding hydrogens is 198 g/mol. The third kappa shape index (κ3) is 2.56. The van der Waals surface area contributed by atoms with Crippen molar-refractivity contribution in [1.82, 2.24) is 0 Å². The van der Waals surface area contributed by atoms with Crippen LogP contribution >= 0.6 is 0 Å². The number of benzene rings is 1. The number of hydrogen-bond acceptors (Lipinski definition) is 2. The van der Waals surface area contributed by atoms with Gasteiger partial charge in [0.25, 0.3) is 0 Å². The van der Waals surface area contributed by atoms with E-state index in [4.69, 9.17) is 5.11 Å². The number of aryl methyl sites for hydroxylation is 1. The van der Waals surface area contributed by atoms with Crippen molar-refractivity contribution in [2.45, 2.75) is 26.2 Å². The Kier molecular flexibility index (Phi) is 3.83. The van der Waals surface area contributed by atoms with Gasteiger partial charge in [0.1, 0.15) is 0 Å². The first-order chi connectivity index (χ1) is 7.83. The molecule has 0 amide bonds. The van der Waals surface area contributed by atoms with E-state index in [1.54, 1.807) is 0 Å². The van der Waals surface area contributed by atoms with Crippen molar-refractivity contribution >= 4 is 5.69 Å². The van der Waals surface area contributed by atoms with Gasteiger partial charge in [-0.2, -0.15) is 0 Å². The third-order valence-corrected chi connectivity index (χ3v) is 3.58. The lowest BCUT2D eigenvalue weighted by Gasteiger charge is -2.32. The lowest BCUT2D eigenvalue weighted by atomic mass is 9.97. The fraction of sp³-hybridized carbons (Fsp3) is 0.571. The summed E-state index contributed by atoms with van der Waals surface area (Å²) < 4.78 is 0. The molecule has 2 rings (SSSR count). The van der Waals surface area contributed by atoms with Crippen LogP contribution in [0.3, 0.4) is 0 Å². The molecule has 0 saturated carbocycles. The molecule has 0 bridgehead atoms. The zero-order valence-corrected chi connectivity index (χ0v) is 10.0. The van der Waals surface area contributed by atoms with Gasteiger partial charge in [-0.05, 0) is 42.9 Å². The molecule has 1 saturated heterocycles. The first-order valence-corrected chi connectivity index (χ1v) is 6.28. The summed E-state index contributed by atoms with van der Waals surface area (Å²) in [4.78, 5) is 2.42. The van der Waals surface area contributed by atoms with Crippen LogP contribution in [0.4, 0.5) is 5.69 Å². The summed E-state index contributed by atoms with van der Waals surface area (Å²) in [5, 5.41) is 9.10. The van der Waals surface area contributed by atoms with Gasteiger partial charge >= 0.3 is 0 Å². The first-order valence-electron chi connectivity index (χ1n) is 6.28. The lowest BCUT2D eigenvalue weighted by Crippen LogP contribution is -2.34. The van der Waals surface area contributed by atoms with E-state index in [9.17, 15) is 0 Å². The molecule has 1 N–H and O–H groups in total. The first kappa shape index (κ1) is 11.5. The molecule has 0 spiro atoms. The van der Waals surface area contributed by atoms with Gasteiger partial charge in [-0.15, -0.1) is 0 Å². The molecule has 1 fully saturated rings. The third-order valence-electron chi connectivity index (χ3n) is 3.58. The Morgan fingerprint density at radius 3 is 2.31 bits per heavy atom. The second-order valence-corrected chi connectivity index (χ2v) is 4.63. The van der Waals surface area contributed by atoms with Crippen molar-refractivity contribution in [2.24, 2.45) is 5.92 Å². The van der Waals surface area contributed by atoms with Crippen LogP contribution in [0.25, 0.3) is 0 Å². The van der Waals surface area contributed by atoms with Crippen LogP contribution in [0.2, 0.25) is 0 Å². The van der Waals surface area contributed by atoms with E-state index in [1.165, 1.54) is 11.3 Å². The fourth-order valence-corrected chi connectivity index (χ4v) is 2.32. The van der Waals surface area contributed by atoms with Crippen LogP contribution in [0.5, 0.6) is 0 Å². The van der Waals surface area contributed by atoms with E-state index < -0.39 is 0 Å². The second-order valence-electron chi connectivity index (χ2n) is 4.63. The topological polar surface area (TPSA) is 23.5 Å². The van der Waals surface area contributed by atoms with Crippen LogP contribution in [0.1, 0.15) is 25.3 Å². The fourth-order valence-electron chi connectivity index (χ4n) is 2.32. The van der Waals surface area contributed by atoms with Gasteiger partial charge in [0, 0.05) is 25.4 Å². The molecule has 88 valence electrons. The minimum Gasteiger partial charge on any atom is -0.396 e. The molecule has 0 aromatic heterocycles. The molecular formula is C14H21NO. The molecule has 2 nitrogen and oxygen atoms in total. The molecule has 1 aliphatic heterocycles. The van der Waals surface area contributed by atoms with E-state index in [2.05, 4.69) is 36.1 Å². The molecule has 0 radical (unpaired) electrons. The zero-order chi connectivity index (χ0) is 11.4. The SMILES string of the molecule is CCc1ccc(N2CCC(CO)CC2)cc1. The minimum atomic E-state index is 0.350. The Labute approximate surface area is 97.9 Å². The molecule has 2 heteroatoms. The standard InChI is InChI=1S/C14H21NO/c1-2-12-3-5-14(6-4-12)15-9-7-13(11-16)8-10-15/h3-6,13,16H,2,7-11H2,1H3. The number of hydrogen-bond donors (Lipinski definition) is 1. The number of nitrogens with zero attached hydrogens (tertiary/aromatic N) is 1. The highest BCUT2D eigenvalue weighted by Gasteiger charge is 2.18. The maximum atomic E-state index is 9.10. The molecule has 1 aliphatic rings. The van der Waals surface area contributed by atoms with Gasteiger partial charge in [0.05, 0.1) is 0 Å². The number of rotatable bonds is 3. The molecule has 0 unspecified atom stereocenters. The smallest absolute Gasteiger partial charge is 0.0460 e. The summed E-state index contributed by atoms with van der Waals surface area (Å²) in [5.41, 5.74) is 2.72. The molecule has 1 aromatic carbocycles. The monoisotopic (exact) mass is 219 g/mol. The highest BCUT2D eigenvalue weighted by Crippen LogP contribution is 2.23. The van der Waals surface area contributed by atoms with Crippen LogP contribution < -0.4 is 4.90 Å². The summed E-state index contributed by atoms with van der Waals surface area (Å²) in [6, 6.07) is 8.87. The lowest BCUT2D eigenvalue weighted by molar-refractivity contribution is 0.203. The predicted molar refractivity (Wildman–Crippen MR) is 67.8 cm³/mol. The van der Waals surface area contributed by atoms with E-state index in [0.29, 0.717) is 12.5 Å². The predicted octanol–water partition coefficient (Wildman–Crippen LogP) is 2.46. The Morgan fingerprint density at radius 1 is 1.19 bits per heavy atom. The van der Waals surface area contributed by atoms with Crippen molar-refractivity contribution in [3.63, 3.8) is 0 Å². The molecule has 1 aromatic rings. The van der Waals surface area contributed by atoms with E-state index in [0.717, 1.165) is 32.4 Å². The van der Waals surface area contributed by atoms with Crippen molar-refractivity contribution in [3.05, 3.63) is 29.8 Å². The molecule has 1 heterocycles. The van der Waals surface area contributed by atoms with Gasteiger partial charge in [-0.1, -0.05) is 19.1 Å². The average molecular weight is 219 g/mol. The van der Waals surface area contributed by atoms with Crippen molar-refractivity contribution in [3.8, 4) is 0 Å².